The highest BCUT2D eigenvalue weighted by molar-refractivity contribution is 6.09. The van der Waals surface area contributed by atoms with Crippen molar-refractivity contribution in [2.75, 3.05) is 6.61 Å². The normalized spacial score (nSPS) is 21.9. The summed E-state index contributed by atoms with van der Waals surface area (Å²) in [6.45, 7) is 6.29. The number of hydrogen-bond acceptors (Lipinski definition) is 4. The van der Waals surface area contributed by atoms with Crippen LogP contribution in [0.1, 0.15) is 51.5 Å². The van der Waals surface area contributed by atoms with Crippen molar-refractivity contribution in [3.05, 3.63) is 59.3 Å². The van der Waals surface area contributed by atoms with Crippen LogP contribution in [0.5, 0.6) is 0 Å². The molecule has 4 rings (SSSR count). The summed E-state index contributed by atoms with van der Waals surface area (Å²) >= 11 is 0. The van der Waals surface area contributed by atoms with Crippen molar-refractivity contribution in [3.63, 3.8) is 0 Å². The molecule has 1 aliphatic heterocycles. The molecule has 0 radical (unpaired) electrons. The van der Waals surface area contributed by atoms with Crippen molar-refractivity contribution in [2.45, 2.75) is 46.0 Å². The lowest BCUT2D eigenvalue weighted by Gasteiger charge is -2.35. The van der Waals surface area contributed by atoms with Crippen LogP contribution in [-0.2, 0) is 14.3 Å². The summed E-state index contributed by atoms with van der Waals surface area (Å²) < 4.78 is 5.64. The fourth-order valence-corrected chi connectivity index (χ4v) is 4.51. The highest BCUT2D eigenvalue weighted by Gasteiger charge is 2.43. The van der Waals surface area contributed by atoms with Crippen molar-refractivity contribution in [1.29, 1.82) is 0 Å². The molecule has 4 heteroatoms. The Morgan fingerprint density at radius 2 is 1.90 bits per heavy atom. The van der Waals surface area contributed by atoms with Crippen molar-refractivity contribution in [2.24, 2.45) is 16.8 Å². The molecule has 0 N–H and O–H groups in total. The molecule has 1 heterocycles. The minimum Gasteiger partial charge on any atom is -0.465 e. The summed E-state index contributed by atoms with van der Waals surface area (Å²) in [6.07, 6.45) is 2.12. The largest absolute Gasteiger partial charge is 0.465 e. The molecule has 29 heavy (non-hydrogen) atoms. The standard InChI is InChI=1S/C25H27NO3/c1-15(2)14-29-25(28)22-16(3)26-20-12-7-13-21(27)24(20)23(22)19-11-6-9-17-8-4-5-10-18(17)19/h4-6,8-11,15,22-23H,7,12-14H2,1-3H3/t22?,23-/m1/s1. The molecule has 0 fully saturated rings. The van der Waals surface area contributed by atoms with Crippen molar-refractivity contribution < 1.29 is 14.3 Å². The maximum absolute atomic E-state index is 13.2. The van der Waals surface area contributed by atoms with E-state index < -0.39 is 5.92 Å². The number of allylic oxidation sites excluding steroid dienone is 2. The van der Waals surface area contributed by atoms with E-state index in [4.69, 9.17) is 9.73 Å². The molecule has 2 aliphatic rings. The van der Waals surface area contributed by atoms with E-state index in [1.54, 1.807) is 0 Å². The Hall–Kier alpha value is -2.75. The molecule has 0 saturated heterocycles. The quantitative estimate of drug-likeness (QED) is 0.674. The van der Waals surface area contributed by atoms with Crippen LogP contribution in [0.3, 0.4) is 0 Å². The van der Waals surface area contributed by atoms with Crippen LogP contribution in [0.4, 0.5) is 0 Å². The van der Waals surface area contributed by atoms with Crippen LogP contribution in [0.25, 0.3) is 10.8 Å². The Labute approximate surface area is 171 Å². The Balaban J connectivity index is 1.88. The summed E-state index contributed by atoms with van der Waals surface area (Å²) in [4.78, 5) is 30.9. The number of Topliss-reactive ketones (excluding diaryl/α,β-unsaturated/α-hetero) is 1. The summed E-state index contributed by atoms with van der Waals surface area (Å²) in [5.74, 6) is -0.840. The van der Waals surface area contributed by atoms with Gasteiger partial charge in [0.25, 0.3) is 0 Å². The minimum atomic E-state index is -0.569. The fourth-order valence-electron chi connectivity index (χ4n) is 4.51. The number of fused-ring (bicyclic) bond motifs is 1. The second kappa shape index (κ2) is 7.94. The van der Waals surface area contributed by atoms with Crippen molar-refractivity contribution >= 4 is 28.2 Å². The second-order valence-electron chi connectivity index (χ2n) is 8.44. The highest BCUT2D eigenvalue weighted by Crippen LogP contribution is 2.45. The lowest BCUT2D eigenvalue weighted by Crippen LogP contribution is -2.37. The van der Waals surface area contributed by atoms with Gasteiger partial charge in [-0.15, -0.1) is 0 Å². The molecule has 4 nitrogen and oxygen atoms in total. The van der Waals surface area contributed by atoms with Gasteiger partial charge < -0.3 is 4.74 Å². The molecule has 1 aliphatic carbocycles. The summed E-state index contributed by atoms with van der Waals surface area (Å²) in [7, 11) is 0. The van der Waals surface area contributed by atoms with Gasteiger partial charge in [-0.05, 0) is 42.0 Å². The van der Waals surface area contributed by atoms with Crippen LogP contribution < -0.4 is 0 Å². The number of ether oxygens (including phenoxy) is 1. The first-order valence-corrected chi connectivity index (χ1v) is 10.4. The van der Waals surface area contributed by atoms with E-state index in [1.165, 1.54) is 0 Å². The zero-order chi connectivity index (χ0) is 20.5. The third-order valence-electron chi connectivity index (χ3n) is 5.81. The van der Waals surface area contributed by atoms with Crippen molar-refractivity contribution in [3.8, 4) is 0 Å². The van der Waals surface area contributed by atoms with Crippen LogP contribution in [-0.4, -0.2) is 24.1 Å². The molecule has 2 atom stereocenters. The van der Waals surface area contributed by atoms with E-state index in [2.05, 4.69) is 18.2 Å². The molecule has 2 aromatic carbocycles. The summed E-state index contributed by atoms with van der Waals surface area (Å²) in [5, 5.41) is 2.17. The maximum atomic E-state index is 13.2. The Morgan fingerprint density at radius 3 is 2.69 bits per heavy atom. The van der Waals surface area contributed by atoms with Gasteiger partial charge in [-0.1, -0.05) is 56.3 Å². The number of carbonyl (C=O) groups is 2. The third kappa shape index (κ3) is 3.64. The van der Waals surface area contributed by atoms with Gasteiger partial charge >= 0.3 is 5.97 Å². The molecule has 0 saturated carbocycles. The molecule has 1 unspecified atom stereocenters. The minimum absolute atomic E-state index is 0.113. The maximum Gasteiger partial charge on any atom is 0.315 e. The van der Waals surface area contributed by atoms with E-state index in [1.807, 2.05) is 45.0 Å². The number of aliphatic imine (C=N–C) groups is 1. The van der Waals surface area contributed by atoms with E-state index in [0.29, 0.717) is 18.6 Å². The summed E-state index contributed by atoms with van der Waals surface area (Å²) in [5.41, 5.74) is 3.31. The van der Waals surface area contributed by atoms with E-state index >= 15 is 0 Å². The Morgan fingerprint density at radius 1 is 1.14 bits per heavy atom. The zero-order valence-electron chi connectivity index (χ0n) is 17.3. The van der Waals surface area contributed by atoms with Crippen LogP contribution in [0.2, 0.25) is 0 Å². The number of nitrogens with zero attached hydrogens (tertiary/aromatic N) is 1. The highest BCUT2D eigenvalue weighted by atomic mass is 16.5. The van der Waals surface area contributed by atoms with Gasteiger partial charge in [0.05, 0.1) is 6.61 Å². The van der Waals surface area contributed by atoms with Gasteiger partial charge in [0, 0.05) is 29.3 Å². The molecule has 2 aromatic rings. The van der Waals surface area contributed by atoms with E-state index in [0.717, 1.165) is 40.6 Å². The molecule has 0 amide bonds. The smallest absolute Gasteiger partial charge is 0.315 e. The average molecular weight is 389 g/mol. The average Bonchev–Trinajstić information content (AvgIpc) is 2.71. The van der Waals surface area contributed by atoms with Gasteiger partial charge in [0.15, 0.2) is 5.78 Å². The molecular formula is C25H27NO3. The van der Waals surface area contributed by atoms with E-state index in [-0.39, 0.29) is 23.6 Å². The van der Waals surface area contributed by atoms with Crippen LogP contribution in [0.15, 0.2) is 58.7 Å². The number of benzene rings is 2. The fraction of sp³-hybridized carbons (Fsp3) is 0.400. The molecule has 150 valence electrons. The first kappa shape index (κ1) is 19.6. The Kier molecular flexibility index (Phi) is 5.35. The monoisotopic (exact) mass is 389 g/mol. The first-order valence-electron chi connectivity index (χ1n) is 10.4. The number of ketones is 1. The topological polar surface area (TPSA) is 55.7 Å². The number of hydrogen-bond donors (Lipinski definition) is 0. The van der Waals surface area contributed by atoms with Crippen LogP contribution >= 0.6 is 0 Å². The van der Waals surface area contributed by atoms with Gasteiger partial charge in [-0.25, -0.2) is 0 Å². The van der Waals surface area contributed by atoms with E-state index in [9.17, 15) is 9.59 Å². The predicted molar refractivity (Wildman–Crippen MR) is 115 cm³/mol. The zero-order valence-corrected chi connectivity index (χ0v) is 17.3. The Bertz CT molecular complexity index is 1030. The van der Waals surface area contributed by atoms with Crippen LogP contribution in [0, 0.1) is 11.8 Å². The van der Waals surface area contributed by atoms with Gasteiger partial charge in [-0.3, -0.25) is 14.6 Å². The molecular weight excluding hydrogens is 362 g/mol. The number of carbonyl (C=O) groups excluding carboxylic acids is 2. The lowest BCUT2D eigenvalue weighted by molar-refractivity contribution is -0.147. The molecule has 0 bridgehead atoms. The first-order chi connectivity index (χ1) is 14.0. The van der Waals surface area contributed by atoms with Gasteiger partial charge in [-0.2, -0.15) is 0 Å². The third-order valence-corrected chi connectivity index (χ3v) is 5.81. The second-order valence-corrected chi connectivity index (χ2v) is 8.44. The van der Waals surface area contributed by atoms with Gasteiger partial charge in [0.2, 0.25) is 0 Å². The van der Waals surface area contributed by atoms with Gasteiger partial charge in [0.1, 0.15) is 5.92 Å². The number of rotatable bonds is 4. The lowest BCUT2D eigenvalue weighted by atomic mass is 9.71. The molecule has 0 spiro atoms. The predicted octanol–water partition coefficient (Wildman–Crippen LogP) is 5.22. The summed E-state index contributed by atoms with van der Waals surface area (Å²) in [6, 6.07) is 14.2. The SMILES string of the molecule is CC1=NC2=C(C(=O)CCC2)[C@H](c2cccc3ccccc23)C1C(=O)OCC(C)C. The molecule has 0 aromatic heterocycles. The van der Waals surface area contributed by atoms with Crippen molar-refractivity contribution in [1.82, 2.24) is 0 Å². The number of esters is 1.